The number of ether oxygens (including phenoxy) is 4. The Morgan fingerprint density at radius 1 is 1.11 bits per heavy atom. The van der Waals surface area contributed by atoms with Gasteiger partial charge in [-0.3, -0.25) is 4.79 Å². The van der Waals surface area contributed by atoms with E-state index in [4.69, 9.17) is 18.9 Å². The molecule has 1 unspecified atom stereocenters. The Hall–Kier alpha value is -2.89. The summed E-state index contributed by atoms with van der Waals surface area (Å²) in [5, 5.41) is 2.94. The highest BCUT2D eigenvalue weighted by Gasteiger charge is 2.16. The Balaban J connectivity index is 1.58. The van der Waals surface area contributed by atoms with Crippen molar-refractivity contribution in [2.45, 2.75) is 26.3 Å². The molecule has 1 heterocycles. The van der Waals surface area contributed by atoms with Gasteiger partial charge >= 0.3 is 0 Å². The van der Waals surface area contributed by atoms with E-state index in [2.05, 4.69) is 5.32 Å². The summed E-state index contributed by atoms with van der Waals surface area (Å²) >= 11 is 0. The van der Waals surface area contributed by atoms with Crippen LogP contribution in [0, 0.1) is 6.92 Å². The van der Waals surface area contributed by atoms with Crippen LogP contribution in [0.25, 0.3) is 0 Å². The molecule has 1 N–H and O–H groups in total. The van der Waals surface area contributed by atoms with E-state index in [0.29, 0.717) is 30.5 Å². The van der Waals surface area contributed by atoms with Crippen molar-refractivity contribution in [1.29, 1.82) is 0 Å². The zero-order valence-corrected chi connectivity index (χ0v) is 15.9. The maximum Gasteiger partial charge on any atom is 0.258 e. The molecule has 6 heteroatoms. The largest absolute Gasteiger partial charge is 0.493 e. The first-order valence-corrected chi connectivity index (χ1v) is 9.03. The van der Waals surface area contributed by atoms with Crippen LogP contribution in [0.2, 0.25) is 0 Å². The van der Waals surface area contributed by atoms with Crippen molar-refractivity contribution in [3.8, 4) is 23.0 Å². The number of aryl methyl sites for hydroxylation is 1. The fourth-order valence-corrected chi connectivity index (χ4v) is 2.85. The molecule has 144 valence electrons. The average molecular weight is 371 g/mol. The normalized spacial score (nSPS) is 14.0. The Kier molecular flexibility index (Phi) is 6.06. The second-order valence-electron chi connectivity index (χ2n) is 6.49. The molecular formula is C21H25NO5. The number of carbonyl (C=O) groups excluding carboxylic acids is 1. The molecule has 0 radical (unpaired) electrons. The van der Waals surface area contributed by atoms with Crippen LogP contribution >= 0.6 is 0 Å². The van der Waals surface area contributed by atoms with Crippen molar-refractivity contribution in [2.24, 2.45) is 0 Å². The van der Waals surface area contributed by atoms with Crippen LogP contribution in [0.15, 0.2) is 36.4 Å². The van der Waals surface area contributed by atoms with E-state index in [9.17, 15) is 4.79 Å². The van der Waals surface area contributed by atoms with Gasteiger partial charge in [-0.25, -0.2) is 0 Å². The monoisotopic (exact) mass is 371 g/mol. The van der Waals surface area contributed by atoms with E-state index < -0.39 is 0 Å². The third-order valence-electron chi connectivity index (χ3n) is 4.33. The molecule has 0 saturated heterocycles. The molecule has 1 amide bonds. The van der Waals surface area contributed by atoms with Gasteiger partial charge in [0.25, 0.3) is 5.91 Å². The predicted molar refractivity (Wildman–Crippen MR) is 102 cm³/mol. The van der Waals surface area contributed by atoms with E-state index in [-0.39, 0.29) is 18.6 Å². The first-order valence-electron chi connectivity index (χ1n) is 9.03. The second kappa shape index (κ2) is 8.66. The lowest BCUT2D eigenvalue weighted by Crippen LogP contribution is -2.31. The molecule has 0 aliphatic carbocycles. The summed E-state index contributed by atoms with van der Waals surface area (Å²) in [6, 6.07) is 11.1. The summed E-state index contributed by atoms with van der Waals surface area (Å²) in [6.07, 6.45) is 0.857. The number of fused-ring (bicyclic) bond motifs is 1. The highest BCUT2D eigenvalue weighted by Crippen LogP contribution is 2.32. The number of rotatable bonds is 6. The number of amides is 1. The van der Waals surface area contributed by atoms with Crippen molar-refractivity contribution in [3.63, 3.8) is 0 Å². The minimum Gasteiger partial charge on any atom is -0.493 e. The highest BCUT2D eigenvalue weighted by atomic mass is 16.5. The third-order valence-corrected chi connectivity index (χ3v) is 4.33. The van der Waals surface area contributed by atoms with E-state index in [0.717, 1.165) is 23.3 Å². The molecule has 2 aromatic rings. The summed E-state index contributed by atoms with van der Waals surface area (Å²) in [5.74, 6) is 2.40. The first kappa shape index (κ1) is 18.9. The van der Waals surface area contributed by atoms with Gasteiger partial charge in [0.2, 0.25) is 0 Å². The minimum absolute atomic E-state index is 0.0890. The topological polar surface area (TPSA) is 66.0 Å². The summed E-state index contributed by atoms with van der Waals surface area (Å²) in [5.41, 5.74) is 2.01. The van der Waals surface area contributed by atoms with Crippen LogP contribution in [0.3, 0.4) is 0 Å². The maximum atomic E-state index is 12.3. The Morgan fingerprint density at radius 3 is 2.67 bits per heavy atom. The predicted octanol–water partition coefficient (Wildman–Crippen LogP) is 3.42. The molecule has 1 aliphatic rings. The smallest absolute Gasteiger partial charge is 0.258 e. The molecule has 0 bridgehead atoms. The first-order chi connectivity index (χ1) is 13.1. The SMILES string of the molecule is COc1cc(C)ccc1OCC(=O)NC(C)c1ccc2c(c1)OCCCO2. The number of hydrogen-bond acceptors (Lipinski definition) is 5. The highest BCUT2D eigenvalue weighted by molar-refractivity contribution is 5.78. The van der Waals surface area contributed by atoms with Gasteiger partial charge in [0.1, 0.15) is 0 Å². The van der Waals surface area contributed by atoms with Crippen molar-refractivity contribution in [1.82, 2.24) is 5.32 Å². The van der Waals surface area contributed by atoms with Crippen molar-refractivity contribution in [3.05, 3.63) is 47.5 Å². The van der Waals surface area contributed by atoms with Crippen molar-refractivity contribution in [2.75, 3.05) is 26.9 Å². The summed E-state index contributed by atoms with van der Waals surface area (Å²) < 4.78 is 22.2. The molecule has 0 aromatic heterocycles. The average Bonchev–Trinajstić information content (AvgIpc) is 2.91. The van der Waals surface area contributed by atoms with Gasteiger partial charge in [0.05, 0.1) is 26.4 Å². The van der Waals surface area contributed by atoms with Crippen LogP contribution in [0.5, 0.6) is 23.0 Å². The number of methoxy groups -OCH3 is 1. The lowest BCUT2D eigenvalue weighted by Gasteiger charge is -2.17. The van der Waals surface area contributed by atoms with E-state index in [1.807, 2.05) is 44.2 Å². The lowest BCUT2D eigenvalue weighted by atomic mass is 10.1. The maximum absolute atomic E-state index is 12.3. The van der Waals surface area contributed by atoms with Crippen LogP contribution in [0.4, 0.5) is 0 Å². The van der Waals surface area contributed by atoms with Gasteiger partial charge in [-0.2, -0.15) is 0 Å². The summed E-state index contributed by atoms with van der Waals surface area (Å²) in [7, 11) is 1.58. The van der Waals surface area contributed by atoms with E-state index in [1.54, 1.807) is 13.2 Å². The molecule has 6 nitrogen and oxygen atoms in total. The molecular weight excluding hydrogens is 346 g/mol. The molecule has 1 atom stereocenters. The summed E-state index contributed by atoms with van der Waals surface area (Å²) in [4.78, 5) is 12.3. The zero-order valence-electron chi connectivity index (χ0n) is 15.9. The number of hydrogen-bond donors (Lipinski definition) is 1. The van der Waals surface area contributed by atoms with E-state index >= 15 is 0 Å². The lowest BCUT2D eigenvalue weighted by molar-refractivity contribution is -0.123. The second-order valence-corrected chi connectivity index (χ2v) is 6.49. The van der Waals surface area contributed by atoms with E-state index in [1.165, 1.54) is 0 Å². The molecule has 0 saturated carbocycles. The van der Waals surface area contributed by atoms with Gasteiger partial charge in [-0.1, -0.05) is 12.1 Å². The van der Waals surface area contributed by atoms with Gasteiger partial charge < -0.3 is 24.3 Å². The number of benzene rings is 2. The molecule has 0 fully saturated rings. The number of carbonyl (C=O) groups is 1. The van der Waals surface area contributed by atoms with Crippen molar-refractivity contribution < 1.29 is 23.7 Å². The Morgan fingerprint density at radius 2 is 1.89 bits per heavy atom. The number of nitrogens with one attached hydrogen (secondary N) is 1. The van der Waals surface area contributed by atoms with Crippen molar-refractivity contribution >= 4 is 5.91 Å². The molecule has 3 rings (SSSR count). The van der Waals surface area contributed by atoms with Gasteiger partial charge in [-0.15, -0.1) is 0 Å². The molecule has 1 aliphatic heterocycles. The Labute approximate surface area is 159 Å². The van der Waals surface area contributed by atoms with Gasteiger partial charge in [0, 0.05) is 6.42 Å². The summed E-state index contributed by atoms with van der Waals surface area (Å²) in [6.45, 7) is 5.08. The van der Waals surface area contributed by atoms with Crippen LogP contribution in [0.1, 0.15) is 30.5 Å². The Bertz CT molecular complexity index is 805. The van der Waals surface area contributed by atoms with Crippen LogP contribution in [-0.2, 0) is 4.79 Å². The molecule has 2 aromatic carbocycles. The molecule has 27 heavy (non-hydrogen) atoms. The quantitative estimate of drug-likeness (QED) is 0.843. The standard InChI is InChI=1S/C21H25NO5/c1-14-5-7-17(19(11-14)24-3)27-13-21(23)22-15(2)16-6-8-18-20(12-16)26-10-4-9-25-18/h5-8,11-12,15H,4,9-10,13H2,1-3H3,(H,22,23). The van der Waals surface area contributed by atoms with Crippen LogP contribution < -0.4 is 24.3 Å². The zero-order chi connectivity index (χ0) is 19.2. The van der Waals surface area contributed by atoms with Crippen LogP contribution in [-0.4, -0.2) is 32.8 Å². The molecule has 0 spiro atoms. The third kappa shape index (κ3) is 4.84. The van der Waals surface area contributed by atoms with Gasteiger partial charge in [0.15, 0.2) is 29.6 Å². The minimum atomic E-state index is -0.211. The van der Waals surface area contributed by atoms with Gasteiger partial charge in [-0.05, 0) is 49.2 Å². The fraction of sp³-hybridized carbons (Fsp3) is 0.381. The fourth-order valence-electron chi connectivity index (χ4n) is 2.85.